The van der Waals surface area contributed by atoms with Crippen LogP contribution in [-0.4, -0.2) is 25.9 Å². The van der Waals surface area contributed by atoms with E-state index in [4.69, 9.17) is 21.3 Å². The predicted octanol–water partition coefficient (Wildman–Crippen LogP) is 2.68. The Morgan fingerprint density at radius 3 is 2.24 bits per heavy atom. The average Bonchev–Trinajstić information content (AvgIpc) is 2.54. The smallest absolute Gasteiger partial charge is 0.259 e. The number of hydrogen-bond acceptors (Lipinski definition) is 7. The summed E-state index contributed by atoms with van der Waals surface area (Å²) in [6.45, 7) is 0. The fourth-order valence-electron chi connectivity index (χ4n) is 2.54. The quantitative estimate of drug-likeness (QED) is 0.360. The fraction of sp³-hybridized carbons (Fsp3) is 0.0667. The number of benzene rings is 2. The molecule has 0 spiro atoms. The molecule has 0 saturated carbocycles. The normalized spacial score (nSPS) is 13.4. The van der Waals surface area contributed by atoms with E-state index in [-0.39, 0.29) is 33.6 Å². The van der Waals surface area contributed by atoms with Crippen LogP contribution in [-0.2, 0) is 13.9 Å². The molecule has 0 atom stereocenters. The summed E-state index contributed by atoms with van der Waals surface area (Å²) in [6, 6.07) is 7.79. The number of nitrogen functional groups attached to an aromatic ring is 1. The molecule has 0 radical (unpaired) electrons. The van der Waals surface area contributed by atoms with Crippen molar-refractivity contribution in [2.45, 2.75) is 0 Å². The molecule has 0 bridgehead atoms. The van der Waals surface area contributed by atoms with E-state index in [0.29, 0.717) is 4.47 Å². The van der Waals surface area contributed by atoms with Crippen LogP contribution in [0.25, 0.3) is 0 Å². The summed E-state index contributed by atoms with van der Waals surface area (Å²) in [5.74, 6) is -1.66. The SMILES string of the molecule is Nc1c(Br)cc(NOCS(=O)(=O)Cl)c2c1C(=O)c1ccccc1C2=O. The number of nitrogens with one attached hydrogen (secondary N) is 1. The Bertz CT molecular complexity index is 1020. The zero-order chi connectivity index (χ0) is 18.4. The minimum Gasteiger partial charge on any atom is -0.397 e. The second-order valence-electron chi connectivity index (χ2n) is 5.18. The van der Waals surface area contributed by atoms with E-state index in [1.807, 2.05) is 0 Å². The lowest BCUT2D eigenvalue weighted by Gasteiger charge is -2.22. The highest BCUT2D eigenvalue weighted by molar-refractivity contribution is 9.10. The van der Waals surface area contributed by atoms with Crippen molar-refractivity contribution in [2.24, 2.45) is 0 Å². The van der Waals surface area contributed by atoms with Crippen molar-refractivity contribution < 1.29 is 22.8 Å². The van der Waals surface area contributed by atoms with Crippen LogP contribution < -0.4 is 11.2 Å². The molecular weight excluding hydrogens is 436 g/mol. The molecule has 130 valence electrons. The Morgan fingerprint density at radius 1 is 1.12 bits per heavy atom. The summed E-state index contributed by atoms with van der Waals surface area (Å²) >= 11 is 3.22. The molecule has 25 heavy (non-hydrogen) atoms. The number of rotatable bonds is 4. The molecule has 1 aliphatic carbocycles. The minimum absolute atomic E-state index is 0.0105. The van der Waals surface area contributed by atoms with Gasteiger partial charge in [0.2, 0.25) is 0 Å². The summed E-state index contributed by atoms with van der Waals surface area (Å²) in [6.07, 6.45) is 0. The third-order valence-corrected chi connectivity index (χ3v) is 4.89. The van der Waals surface area contributed by atoms with Gasteiger partial charge in [-0.1, -0.05) is 24.3 Å². The first-order valence-corrected chi connectivity index (χ1v) is 10.1. The van der Waals surface area contributed by atoms with Crippen LogP contribution in [0.4, 0.5) is 11.4 Å². The van der Waals surface area contributed by atoms with Gasteiger partial charge in [0.05, 0.1) is 22.5 Å². The summed E-state index contributed by atoms with van der Waals surface area (Å²) < 4.78 is 22.3. The first-order valence-electron chi connectivity index (χ1n) is 6.81. The number of hydrogen-bond donors (Lipinski definition) is 2. The predicted molar refractivity (Wildman–Crippen MR) is 96.2 cm³/mol. The van der Waals surface area contributed by atoms with Crippen molar-refractivity contribution in [3.63, 3.8) is 0 Å². The monoisotopic (exact) mass is 444 g/mol. The zero-order valence-electron chi connectivity index (χ0n) is 12.4. The highest BCUT2D eigenvalue weighted by atomic mass is 79.9. The van der Waals surface area contributed by atoms with Gasteiger partial charge < -0.3 is 5.73 Å². The Kier molecular flexibility index (Phi) is 4.58. The number of carbonyl (C=O) groups is 2. The molecule has 2 aromatic carbocycles. The maximum absolute atomic E-state index is 12.8. The van der Waals surface area contributed by atoms with Gasteiger partial charge in [-0.05, 0) is 22.0 Å². The van der Waals surface area contributed by atoms with Gasteiger partial charge in [0, 0.05) is 26.3 Å². The summed E-state index contributed by atoms with van der Waals surface area (Å²) in [7, 11) is 1.17. The molecule has 2 aromatic rings. The van der Waals surface area contributed by atoms with Gasteiger partial charge in [0.15, 0.2) is 17.5 Å². The molecule has 10 heteroatoms. The molecular formula is C15H10BrClN2O5S. The van der Waals surface area contributed by atoms with Gasteiger partial charge in [-0.3, -0.25) is 19.9 Å². The van der Waals surface area contributed by atoms with E-state index in [1.165, 1.54) is 12.1 Å². The van der Waals surface area contributed by atoms with Crippen molar-refractivity contribution in [1.29, 1.82) is 0 Å². The zero-order valence-corrected chi connectivity index (χ0v) is 15.5. The van der Waals surface area contributed by atoms with E-state index in [1.54, 1.807) is 18.2 Å². The number of ketones is 2. The van der Waals surface area contributed by atoms with Crippen LogP contribution in [0.2, 0.25) is 0 Å². The van der Waals surface area contributed by atoms with E-state index in [2.05, 4.69) is 21.4 Å². The highest BCUT2D eigenvalue weighted by Gasteiger charge is 2.34. The molecule has 0 amide bonds. The summed E-state index contributed by atoms with van der Waals surface area (Å²) in [4.78, 5) is 30.4. The van der Waals surface area contributed by atoms with Crippen molar-refractivity contribution in [2.75, 3.05) is 17.2 Å². The van der Waals surface area contributed by atoms with Crippen LogP contribution in [0.15, 0.2) is 34.8 Å². The van der Waals surface area contributed by atoms with Crippen LogP contribution in [0.3, 0.4) is 0 Å². The van der Waals surface area contributed by atoms with Gasteiger partial charge in [0.1, 0.15) is 0 Å². The third kappa shape index (κ3) is 3.28. The molecule has 0 aromatic heterocycles. The van der Waals surface area contributed by atoms with Gasteiger partial charge in [-0.2, -0.15) is 0 Å². The Balaban J connectivity index is 2.13. The molecule has 1 aliphatic rings. The lowest BCUT2D eigenvalue weighted by atomic mass is 9.82. The summed E-state index contributed by atoms with van der Waals surface area (Å²) in [5.41, 5.74) is 9.06. The highest BCUT2D eigenvalue weighted by Crippen LogP contribution is 2.39. The summed E-state index contributed by atoms with van der Waals surface area (Å²) in [5, 5.41) is 0. The maximum Gasteiger partial charge on any atom is 0.259 e. The number of anilines is 2. The van der Waals surface area contributed by atoms with E-state index >= 15 is 0 Å². The number of carbonyl (C=O) groups excluding carboxylic acids is 2. The van der Waals surface area contributed by atoms with Crippen molar-refractivity contribution in [3.05, 3.63) is 57.1 Å². The molecule has 0 saturated heterocycles. The molecule has 0 unspecified atom stereocenters. The van der Waals surface area contributed by atoms with Crippen molar-refractivity contribution >= 4 is 58.6 Å². The topological polar surface area (TPSA) is 116 Å². The van der Waals surface area contributed by atoms with Crippen molar-refractivity contribution in [3.8, 4) is 0 Å². The Hall–Kier alpha value is -1.94. The second-order valence-corrected chi connectivity index (χ2v) is 8.75. The standard InChI is InChI=1S/C15H10BrClN2O5S/c16-9-5-10(19-24-6-25(17,22)23)11-12(13(9)18)15(21)8-4-2-1-3-7(8)14(11)20/h1-5,19H,6,18H2. The Labute approximate surface area is 155 Å². The lowest BCUT2D eigenvalue weighted by molar-refractivity contribution is 0.0979. The van der Waals surface area contributed by atoms with E-state index in [9.17, 15) is 18.0 Å². The molecule has 3 N–H and O–H groups in total. The Morgan fingerprint density at radius 2 is 1.68 bits per heavy atom. The van der Waals surface area contributed by atoms with Gasteiger partial charge >= 0.3 is 0 Å². The van der Waals surface area contributed by atoms with E-state index in [0.717, 1.165) is 0 Å². The van der Waals surface area contributed by atoms with Gasteiger partial charge in [-0.25, -0.2) is 8.42 Å². The van der Waals surface area contributed by atoms with Gasteiger partial charge in [0.25, 0.3) is 9.05 Å². The van der Waals surface area contributed by atoms with Crippen LogP contribution in [0, 0.1) is 0 Å². The lowest BCUT2D eigenvalue weighted by Crippen LogP contribution is -2.24. The molecule has 7 nitrogen and oxygen atoms in total. The number of halogens is 2. The molecule has 3 rings (SSSR count). The van der Waals surface area contributed by atoms with Gasteiger partial charge in [-0.15, -0.1) is 0 Å². The second kappa shape index (κ2) is 6.41. The maximum atomic E-state index is 12.8. The molecule has 0 aliphatic heterocycles. The van der Waals surface area contributed by atoms with Crippen molar-refractivity contribution in [1.82, 2.24) is 0 Å². The average molecular weight is 446 g/mol. The number of fused-ring (bicyclic) bond motifs is 2. The van der Waals surface area contributed by atoms with Crippen LogP contribution >= 0.6 is 26.6 Å². The van der Waals surface area contributed by atoms with Crippen LogP contribution in [0.1, 0.15) is 31.8 Å². The first kappa shape index (κ1) is 17.9. The fourth-order valence-corrected chi connectivity index (χ4v) is 3.30. The molecule has 0 heterocycles. The van der Waals surface area contributed by atoms with E-state index < -0.39 is 26.6 Å². The largest absolute Gasteiger partial charge is 0.397 e. The number of nitrogens with two attached hydrogens (primary N) is 1. The van der Waals surface area contributed by atoms with Crippen LogP contribution in [0.5, 0.6) is 0 Å². The molecule has 0 fully saturated rings. The third-order valence-electron chi connectivity index (χ3n) is 3.57. The first-order chi connectivity index (χ1) is 11.7. The minimum atomic E-state index is -3.91.